The third-order valence-electron chi connectivity index (χ3n) is 2.08. The number of aromatic nitrogens is 4. The Bertz CT molecular complexity index is 437. The lowest BCUT2D eigenvalue weighted by atomic mass is 10.2. The number of hydrogen-bond donors (Lipinski definition) is 0. The van der Waals surface area contributed by atoms with Crippen molar-refractivity contribution in [1.82, 2.24) is 19.6 Å². The average molecular weight is 208 g/mol. The maximum atomic E-state index is 4.36. The zero-order valence-corrected chi connectivity index (χ0v) is 9.08. The molecule has 2 rings (SSSR count). The van der Waals surface area contributed by atoms with Crippen LogP contribution in [0.4, 0.5) is 0 Å². The minimum atomic E-state index is 0.886. The average Bonchev–Trinajstić information content (AvgIpc) is 2.62. The standard InChI is InChI=1S/C9H12N4S/c1-3-4-7-8-5-11-12-9(14-2)13(8)6-10-7/h5-6H,3-4H2,1-2H3. The number of fused-ring (bicyclic) bond motifs is 1. The van der Waals surface area contributed by atoms with Crippen LogP contribution < -0.4 is 0 Å². The van der Waals surface area contributed by atoms with Crippen molar-refractivity contribution in [3.8, 4) is 0 Å². The number of thioether (sulfide) groups is 1. The van der Waals surface area contributed by atoms with Crippen LogP contribution in [0.5, 0.6) is 0 Å². The Morgan fingerprint density at radius 1 is 1.50 bits per heavy atom. The van der Waals surface area contributed by atoms with E-state index >= 15 is 0 Å². The first-order valence-corrected chi connectivity index (χ1v) is 5.81. The van der Waals surface area contributed by atoms with E-state index in [4.69, 9.17) is 0 Å². The molecule has 14 heavy (non-hydrogen) atoms. The fraction of sp³-hybridized carbons (Fsp3) is 0.444. The highest BCUT2D eigenvalue weighted by atomic mass is 32.2. The van der Waals surface area contributed by atoms with Crippen LogP contribution in [0.25, 0.3) is 5.52 Å². The van der Waals surface area contributed by atoms with Crippen molar-refractivity contribution in [2.75, 3.05) is 6.26 Å². The largest absolute Gasteiger partial charge is 0.275 e. The molecular weight excluding hydrogens is 196 g/mol. The van der Waals surface area contributed by atoms with Gasteiger partial charge in [-0.3, -0.25) is 4.40 Å². The zero-order chi connectivity index (χ0) is 9.97. The van der Waals surface area contributed by atoms with E-state index in [1.807, 2.05) is 17.0 Å². The maximum Gasteiger partial charge on any atom is 0.195 e. The van der Waals surface area contributed by atoms with Gasteiger partial charge < -0.3 is 0 Å². The number of imidazole rings is 1. The molecule has 0 aliphatic heterocycles. The van der Waals surface area contributed by atoms with Crippen LogP contribution in [0.2, 0.25) is 0 Å². The van der Waals surface area contributed by atoms with Crippen LogP contribution >= 0.6 is 11.8 Å². The Hall–Kier alpha value is -1.10. The van der Waals surface area contributed by atoms with Gasteiger partial charge in [-0.25, -0.2) is 4.98 Å². The third kappa shape index (κ3) is 1.48. The molecule has 0 atom stereocenters. The van der Waals surface area contributed by atoms with E-state index in [0.29, 0.717) is 0 Å². The number of rotatable bonds is 3. The molecular formula is C9H12N4S. The molecule has 2 heterocycles. The van der Waals surface area contributed by atoms with Crippen molar-refractivity contribution in [2.24, 2.45) is 0 Å². The molecule has 0 spiro atoms. The molecule has 0 N–H and O–H groups in total. The Morgan fingerprint density at radius 2 is 2.36 bits per heavy atom. The van der Waals surface area contributed by atoms with Crippen molar-refractivity contribution in [3.05, 3.63) is 18.2 Å². The number of aryl methyl sites for hydroxylation is 1. The first-order chi connectivity index (χ1) is 6.86. The summed E-state index contributed by atoms with van der Waals surface area (Å²) in [4.78, 5) is 4.36. The predicted molar refractivity (Wildman–Crippen MR) is 56.6 cm³/mol. The van der Waals surface area contributed by atoms with Crippen LogP contribution in [-0.2, 0) is 6.42 Å². The summed E-state index contributed by atoms with van der Waals surface area (Å²) in [5, 5.41) is 8.89. The molecule has 5 heteroatoms. The van der Waals surface area contributed by atoms with Crippen LogP contribution in [0.1, 0.15) is 19.0 Å². The van der Waals surface area contributed by atoms with E-state index in [0.717, 1.165) is 29.2 Å². The summed E-state index contributed by atoms with van der Waals surface area (Å²) >= 11 is 1.58. The lowest BCUT2D eigenvalue weighted by Gasteiger charge is -1.99. The molecule has 0 bridgehead atoms. The summed E-state index contributed by atoms with van der Waals surface area (Å²) in [7, 11) is 0. The summed E-state index contributed by atoms with van der Waals surface area (Å²) in [6.45, 7) is 2.15. The number of nitrogens with zero attached hydrogens (tertiary/aromatic N) is 4. The molecule has 2 aromatic rings. The van der Waals surface area contributed by atoms with Gasteiger partial charge in [0, 0.05) is 0 Å². The molecule has 0 aromatic carbocycles. The van der Waals surface area contributed by atoms with Gasteiger partial charge in [-0.1, -0.05) is 25.1 Å². The van der Waals surface area contributed by atoms with Crippen molar-refractivity contribution >= 4 is 17.3 Å². The molecule has 0 amide bonds. The topological polar surface area (TPSA) is 43.1 Å². The Kier molecular flexibility index (Phi) is 2.67. The molecule has 2 aromatic heterocycles. The smallest absolute Gasteiger partial charge is 0.195 e. The summed E-state index contributed by atoms with van der Waals surface area (Å²) in [6.07, 6.45) is 7.68. The first kappa shape index (κ1) is 9.45. The van der Waals surface area contributed by atoms with Gasteiger partial charge in [-0.2, -0.15) is 5.10 Å². The molecule has 0 saturated carbocycles. The van der Waals surface area contributed by atoms with Gasteiger partial charge in [0.25, 0.3) is 0 Å². The van der Waals surface area contributed by atoms with Crippen molar-refractivity contribution in [1.29, 1.82) is 0 Å². The van der Waals surface area contributed by atoms with Crippen LogP contribution in [0.3, 0.4) is 0 Å². The van der Waals surface area contributed by atoms with E-state index in [1.165, 1.54) is 0 Å². The Labute approximate surface area is 86.8 Å². The van der Waals surface area contributed by atoms with Gasteiger partial charge in [0.15, 0.2) is 5.16 Å². The highest BCUT2D eigenvalue weighted by molar-refractivity contribution is 7.98. The van der Waals surface area contributed by atoms with Crippen LogP contribution in [0.15, 0.2) is 17.7 Å². The second-order valence-electron chi connectivity index (χ2n) is 3.03. The van der Waals surface area contributed by atoms with Crippen molar-refractivity contribution in [3.63, 3.8) is 0 Å². The second-order valence-corrected chi connectivity index (χ2v) is 3.80. The van der Waals surface area contributed by atoms with E-state index in [9.17, 15) is 0 Å². The maximum absolute atomic E-state index is 4.36. The van der Waals surface area contributed by atoms with E-state index in [2.05, 4.69) is 22.1 Å². The fourth-order valence-electron chi connectivity index (χ4n) is 1.43. The molecule has 4 nitrogen and oxygen atoms in total. The normalized spacial score (nSPS) is 11.0. The monoisotopic (exact) mass is 208 g/mol. The fourth-order valence-corrected chi connectivity index (χ4v) is 1.90. The molecule has 0 saturated heterocycles. The lowest BCUT2D eigenvalue weighted by molar-refractivity contribution is 0.806. The molecule has 0 radical (unpaired) electrons. The van der Waals surface area contributed by atoms with E-state index < -0.39 is 0 Å². The number of hydrogen-bond acceptors (Lipinski definition) is 4. The van der Waals surface area contributed by atoms with Crippen LogP contribution in [-0.4, -0.2) is 25.8 Å². The highest BCUT2D eigenvalue weighted by Crippen LogP contribution is 2.16. The third-order valence-corrected chi connectivity index (χ3v) is 2.73. The van der Waals surface area contributed by atoms with Gasteiger partial charge in [0.1, 0.15) is 6.33 Å². The van der Waals surface area contributed by atoms with E-state index in [-0.39, 0.29) is 0 Å². The predicted octanol–water partition coefficient (Wildman–Crippen LogP) is 1.80. The molecule has 0 aliphatic carbocycles. The van der Waals surface area contributed by atoms with Gasteiger partial charge in [0.05, 0.1) is 17.4 Å². The van der Waals surface area contributed by atoms with E-state index in [1.54, 1.807) is 18.0 Å². The van der Waals surface area contributed by atoms with Crippen molar-refractivity contribution in [2.45, 2.75) is 24.9 Å². The molecule has 0 aliphatic rings. The second kappa shape index (κ2) is 3.96. The lowest BCUT2D eigenvalue weighted by Crippen LogP contribution is -1.95. The van der Waals surface area contributed by atoms with Gasteiger partial charge in [-0.15, -0.1) is 5.10 Å². The minimum Gasteiger partial charge on any atom is -0.275 e. The highest BCUT2D eigenvalue weighted by Gasteiger charge is 2.06. The van der Waals surface area contributed by atoms with Gasteiger partial charge in [-0.05, 0) is 12.7 Å². The quantitative estimate of drug-likeness (QED) is 0.721. The summed E-state index contributed by atoms with van der Waals surface area (Å²) < 4.78 is 1.99. The van der Waals surface area contributed by atoms with Gasteiger partial charge in [0.2, 0.25) is 0 Å². The molecule has 0 unspecified atom stereocenters. The summed E-state index contributed by atoms with van der Waals surface area (Å²) in [6, 6.07) is 0. The van der Waals surface area contributed by atoms with Gasteiger partial charge >= 0.3 is 0 Å². The Balaban J connectivity index is 2.57. The van der Waals surface area contributed by atoms with Crippen molar-refractivity contribution < 1.29 is 0 Å². The molecule has 74 valence electrons. The zero-order valence-electron chi connectivity index (χ0n) is 8.27. The Morgan fingerprint density at radius 3 is 3.07 bits per heavy atom. The summed E-state index contributed by atoms with van der Waals surface area (Å²) in [5.74, 6) is 0. The first-order valence-electron chi connectivity index (χ1n) is 4.58. The summed E-state index contributed by atoms with van der Waals surface area (Å²) in [5.41, 5.74) is 2.18. The van der Waals surface area contributed by atoms with Crippen LogP contribution in [0, 0.1) is 0 Å². The molecule has 0 fully saturated rings. The SMILES string of the molecule is CCCc1ncn2c(SC)nncc12. The minimum absolute atomic E-state index is 0.886.